The van der Waals surface area contributed by atoms with E-state index >= 15 is 0 Å². The summed E-state index contributed by atoms with van der Waals surface area (Å²) in [6, 6.07) is 0. The van der Waals surface area contributed by atoms with Gasteiger partial charge in [0.2, 0.25) is 0 Å². The van der Waals surface area contributed by atoms with E-state index in [9.17, 15) is 39.5 Å². The SMILES string of the molecule is CC(C)=CCCC(F)(F)C(F)(F)C(F)(F)C(F)(F)F. The van der Waals surface area contributed by atoms with Gasteiger partial charge < -0.3 is 0 Å². The monoisotopic (exact) mass is 302 g/mol. The summed E-state index contributed by atoms with van der Waals surface area (Å²) in [5.74, 6) is -18.8. The van der Waals surface area contributed by atoms with Crippen molar-refractivity contribution in [3.05, 3.63) is 11.6 Å². The van der Waals surface area contributed by atoms with E-state index in [1.54, 1.807) is 0 Å². The summed E-state index contributed by atoms with van der Waals surface area (Å²) in [4.78, 5) is 0. The van der Waals surface area contributed by atoms with Gasteiger partial charge in [-0.1, -0.05) is 11.6 Å². The van der Waals surface area contributed by atoms with Gasteiger partial charge in [0.1, 0.15) is 0 Å². The third-order valence-corrected chi connectivity index (χ3v) is 2.22. The lowest BCUT2D eigenvalue weighted by molar-refractivity contribution is -0.396. The fourth-order valence-corrected chi connectivity index (χ4v) is 1.11. The molecular formula is C10H11F9. The smallest absolute Gasteiger partial charge is 0.200 e. The Labute approximate surface area is 103 Å². The van der Waals surface area contributed by atoms with Gasteiger partial charge in [-0.15, -0.1) is 0 Å². The van der Waals surface area contributed by atoms with Crippen LogP contribution in [0.3, 0.4) is 0 Å². The Morgan fingerprint density at radius 1 is 0.789 bits per heavy atom. The third-order valence-electron chi connectivity index (χ3n) is 2.22. The zero-order valence-electron chi connectivity index (χ0n) is 9.89. The Morgan fingerprint density at radius 3 is 1.53 bits per heavy atom. The maximum atomic E-state index is 12.9. The van der Waals surface area contributed by atoms with E-state index < -0.39 is 36.8 Å². The molecule has 0 aliphatic rings. The molecule has 0 rings (SSSR count). The van der Waals surface area contributed by atoms with E-state index in [1.165, 1.54) is 13.8 Å². The molecule has 19 heavy (non-hydrogen) atoms. The molecule has 9 heteroatoms. The summed E-state index contributed by atoms with van der Waals surface area (Å²) in [6.07, 6.45) is -8.26. The van der Waals surface area contributed by atoms with E-state index in [0.29, 0.717) is 5.57 Å². The normalized spacial score (nSPS) is 14.5. The van der Waals surface area contributed by atoms with E-state index in [2.05, 4.69) is 0 Å². The van der Waals surface area contributed by atoms with Crippen molar-refractivity contribution in [1.29, 1.82) is 0 Å². The van der Waals surface area contributed by atoms with Crippen molar-refractivity contribution < 1.29 is 39.5 Å². The van der Waals surface area contributed by atoms with E-state index in [0.717, 1.165) is 6.08 Å². The van der Waals surface area contributed by atoms with Crippen molar-refractivity contribution >= 4 is 0 Å². The lowest BCUT2D eigenvalue weighted by atomic mass is 9.99. The van der Waals surface area contributed by atoms with Gasteiger partial charge in [0.25, 0.3) is 0 Å². The molecule has 0 radical (unpaired) electrons. The van der Waals surface area contributed by atoms with Crippen LogP contribution < -0.4 is 0 Å². The molecule has 0 aliphatic heterocycles. The Balaban J connectivity index is 5.22. The second-order valence-corrected chi connectivity index (χ2v) is 4.17. The number of rotatable bonds is 5. The molecule has 0 heterocycles. The van der Waals surface area contributed by atoms with Gasteiger partial charge in [-0.2, -0.15) is 39.5 Å². The molecule has 0 aromatic carbocycles. The number of hydrogen-bond acceptors (Lipinski definition) is 0. The van der Waals surface area contributed by atoms with Crippen LogP contribution in [0.25, 0.3) is 0 Å². The van der Waals surface area contributed by atoms with Gasteiger partial charge in [-0.05, 0) is 20.3 Å². The van der Waals surface area contributed by atoms with Gasteiger partial charge >= 0.3 is 23.9 Å². The maximum absolute atomic E-state index is 12.9. The molecule has 0 nitrogen and oxygen atoms in total. The summed E-state index contributed by atoms with van der Waals surface area (Å²) in [5.41, 5.74) is 0.446. The molecule has 0 aliphatic carbocycles. The van der Waals surface area contributed by atoms with Crippen molar-refractivity contribution in [3.63, 3.8) is 0 Å². The van der Waals surface area contributed by atoms with Gasteiger partial charge in [0.15, 0.2) is 0 Å². The van der Waals surface area contributed by atoms with Crippen molar-refractivity contribution in [3.8, 4) is 0 Å². The molecule has 0 N–H and O–H groups in total. The average Bonchev–Trinajstić information content (AvgIpc) is 2.14. The van der Waals surface area contributed by atoms with Gasteiger partial charge in [0, 0.05) is 6.42 Å². The fraction of sp³-hybridized carbons (Fsp3) is 0.800. The lowest BCUT2D eigenvalue weighted by Crippen LogP contribution is -2.60. The molecule has 0 spiro atoms. The molecule has 0 saturated carbocycles. The predicted octanol–water partition coefficient (Wildman–Crippen LogP) is 5.20. The van der Waals surface area contributed by atoms with E-state index in [4.69, 9.17) is 0 Å². The first kappa shape index (κ1) is 18.1. The van der Waals surface area contributed by atoms with Crippen LogP contribution in [-0.4, -0.2) is 23.9 Å². The largest absolute Gasteiger partial charge is 0.460 e. The van der Waals surface area contributed by atoms with Crippen LogP contribution in [0.1, 0.15) is 26.7 Å². The highest BCUT2D eigenvalue weighted by molar-refractivity contribution is 5.02. The molecule has 0 aromatic heterocycles. The van der Waals surface area contributed by atoms with Crippen molar-refractivity contribution in [2.24, 2.45) is 0 Å². The Bertz CT molecular complexity index is 333. The number of alkyl halides is 9. The fourth-order valence-electron chi connectivity index (χ4n) is 1.11. The van der Waals surface area contributed by atoms with Crippen molar-refractivity contribution in [1.82, 2.24) is 0 Å². The molecule has 0 aromatic rings. The molecule has 0 saturated heterocycles. The number of allylic oxidation sites excluding steroid dienone is 2. The first-order valence-corrected chi connectivity index (χ1v) is 5.00. The van der Waals surface area contributed by atoms with Crippen LogP contribution in [-0.2, 0) is 0 Å². The molecule has 0 atom stereocenters. The molecule has 0 fully saturated rings. The highest BCUT2D eigenvalue weighted by Crippen LogP contribution is 2.54. The highest BCUT2D eigenvalue weighted by atomic mass is 19.4. The van der Waals surface area contributed by atoms with Crippen LogP contribution in [0.15, 0.2) is 11.6 Å². The zero-order valence-corrected chi connectivity index (χ0v) is 9.89. The Kier molecular flexibility index (Phi) is 4.99. The second kappa shape index (κ2) is 5.24. The Morgan fingerprint density at radius 2 is 1.21 bits per heavy atom. The van der Waals surface area contributed by atoms with Gasteiger partial charge in [-0.3, -0.25) is 0 Å². The summed E-state index contributed by atoms with van der Waals surface area (Å²) in [7, 11) is 0. The van der Waals surface area contributed by atoms with Gasteiger partial charge in [0.05, 0.1) is 0 Å². The molecule has 114 valence electrons. The standard InChI is InChI=1S/C10H11F9/c1-6(2)4-3-5-7(11,12)8(13,14)9(15,16)10(17,18)19/h4H,3,5H2,1-2H3. The minimum atomic E-state index is -6.80. The minimum absolute atomic E-state index is 0.446. The second-order valence-electron chi connectivity index (χ2n) is 4.17. The third kappa shape index (κ3) is 3.56. The van der Waals surface area contributed by atoms with Crippen LogP contribution in [0.5, 0.6) is 0 Å². The number of hydrogen-bond donors (Lipinski definition) is 0. The quantitative estimate of drug-likeness (QED) is 0.483. The van der Waals surface area contributed by atoms with E-state index in [-0.39, 0.29) is 0 Å². The predicted molar refractivity (Wildman–Crippen MR) is 49.6 cm³/mol. The van der Waals surface area contributed by atoms with Crippen LogP contribution in [0, 0.1) is 0 Å². The zero-order chi connectivity index (χ0) is 15.7. The summed E-state index contributed by atoms with van der Waals surface area (Å²) >= 11 is 0. The molecule has 0 bridgehead atoms. The first-order chi connectivity index (χ1) is 8.17. The minimum Gasteiger partial charge on any atom is -0.200 e. The number of halogens is 9. The first-order valence-electron chi connectivity index (χ1n) is 5.00. The lowest BCUT2D eigenvalue weighted by Gasteiger charge is -2.33. The van der Waals surface area contributed by atoms with Crippen molar-refractivity contribution in [2.75, 3.05) is 0 Å². The molecule has 0 amide bonds. The maximum Gasteiger partial charge on any atom is 0.460 e. The highest BCUT2D eigenvalue weighted by Gasteiger charge is 2.81. The molecular weight excluding hydrogens is 291 g/mol. The Hall–Kier alpha value is -0.890. The van der Waals surface area contributed by atoms with Gasteiger partial charge in [-0.25, -0.2) is 0 Å². The summed E-state index contributed by atoms with van der Waals surface area (Å²) in [5, 5.41) is 0. The topological polar surface area (TPSA) is 0 Å². The van der Waals surface area contributed by atoms with Crippen LogP contribution in [0.2, 0.25) is 0 Å². The van der Waals surface area contributed by atoms with E-state index in [1.807, 2.05) is 0 Å². The summed E-state index contributed by atoms with van der Waals surface area (Å²) < 4.78 is 111. The molecule has 0 unspecified atom stereocenters. The van der Waals surface area contributed by atoms with Crippen LogP contribution >= 0.6 is 0 Å². The average molecular weight is 302 g/mol. The summed E-state index contributed by atoms with van der Waals surface area (Å²) in [6.45, 7) is 2.86. The van der Waals surface area contributed by atoms with Crippen LogP contribution in [0.4, 0.5) is 39.5 Å². The van der Waals surface area contributed by atoms with Crippen molar-refractivity contribution in [2.45, 2.75) is 50.6 Å².